The van der Waals surface area contributed by atoms with E-state index >= 15 is 0 Å². The van der Waals surface area contributed by atoms with Gasteiger partial charge >= 0.3 is 0 Å². The van der Waals surface area contributed by atoms with Crippen LogP contribution in [0.15, 0.2) is 6.20 Å². The Morgan fingerprint density at radius 1 is 1.62 bits per heavy atom. The summed E-state index contributed by atoms with van der Waals surface area (Å²) in [5.41, 5.74) is 1.66. The number of aliphatic hydroxyl groups excluding tert-OH is 1. The molecule has 0 aliphatic carbocycles. The Balaban J connectivity index is 2.08. The Bertz CT molecular complexity index is 360. The lowest BCUT2D eigenvalue weighted by Crippen LogP contribution is -2.13. The van der Waals surface area contributed by atoms with E-state index in [-0.39, 0.29) is 6.10 Å². The van der Waals surface area contributed by atoms with Gasteiger partial charge in [-0.3, -0.25) is 0 Å². The van der Waals surface area contributed by atoms with Crippen LogP contribution in [-0.4, -0.2) is 27.8 Å². The first-order valence-corrected chi connectivity index (χ1v) is 5.79. The molecule has 0 radical (unpaired) electrons. The molecular formula is C12H18N2O2. The largest absolute Gasteiger partial charge is 0.389 e. The number of aromatic nitrogens is 2. The van der Waals surface area contributed by atoms with Gasteiger partial charge in [-0.15, -0.1) is 0 Å². The fourth-order valence-electron chi connectivity index (χ4n) is 2.04. The van der Waals surface area contributed by atoms with Gasteiger partial charge in [0.05, 0.1) is 12.2 Å². The Labute approximate surface area is 95.7 Å². The number of nitrogens with zero attached hydrogens (tertiary/aromatic N) is 2. The van der Waals surface area contributed by atoms with Gasteiger partial charge in [-0.1, -0.05) is 0 Å². The average Bonchev–Trinajstić information content (AvgIpc) is 2.70. The molecule has 1 aliphatic rings. The van der Waals surface area contributed by atoms with Crippen molar-refractivity contribution in [2.45, 2.75) is 45.3 Å². The van der Waals surface area contributed by atoms with Crippen molar-refractivity contribution in [3.8, 4) is 0 Å². The maximum Gasteiger partial charge on any atom is 0.131 e. The van der Waals surface area contributed by atoms with Gasteiger partial charge in [0.1, 0.15) is 5.82 Å². The van der Waals surface area contributed by atoms with Crippen LogP contribution in [0.4, 0.5) is 0 Å². The quantitative estimate of drug-likeness (QED) is 0.843. The van der Waals surface area contributed by atoms with Gasteiger partial charge < -0.3 is 9.84 Å². The smallest absolute Gasteiger partial charge is 0.131 e. The number of rotatable bonds is 3. The molecular weight excluding hydrogens is 204 g/mol. The molecule has 0 bridgehead atoms. The molecule has 1 aliphatic heterocycles. The van der Waals surface area contributed by atoms with Crippen LogP contribution in [0.25, 0.3) is 0 Å². The van der Waals surface area contributed by atoms with Crippen LogP contribution >= 0.6 is 0 Å². The molecule has 4 heteroatoms. The van der Waals surface area contributed by atoms with Crippen molar-refractivity contribution < 1.29 is 9.84 Å². The first-order chi connectivity index (χ1) is 7.66. The zero-order chi connectivity index (χ0) is 11.5. The first-order valence-electron chi connectivity index (χ1n) is 5.79. The summed E-state index contributed by atoms with van der Waals surface area (Å²) in [6.07, 6.45) is 4.50. The van der Waals surface area contributed by atoms with Gasteiger partial charge in [0.15, 0.2) is 0 Å². The average molecular weight is 222 g/mol. The second-order valence-corrected chi connectivity index (χ2v) is 4.34. The molecule has 4 nitrogen and oxygen atoms in total. The van der Waals surface area contributed by atoms with Gasteiger partial charge in [-0.25, -0.2) is 9.97 Å². The van der Waals surface area contributed by atoms with E-state index in [0.717, 1.165) is 43.0 Å². The number of aryl methyl sites for hydroxylation is 1. The van der Waals surface area contributed by atoms with E-state index < -0.39 is 6.10 Å². The van der Waals surface area contributed by atoms with Crippen LogP contribution in [0.1, 0.15) is 43.0 Å². The topological polar surface area (TPSA) is 55.2 Å². The zero-order valence-electron chi connectivity index (χ0n) is 9.81. The monoisotopic (exact) mass is 222 g/mol. The number of hydrogen-bond acceptors (Lipinski definition) is 4. The zero-order valence-corrected chi connectivity index (χ0v) is 9.81. The number of aliphatic hydroxyl groups is 1. The fourth-order valence-corrected chi connectivity index (χ4v) is 2.04. The highest BCUT2D eigenvalue weighted by molar-refractivity contribution is 5.18. The van der Waals surface area contributed by atoms with Gasteiger partial charge in [0.2, 0.25) is 0 Å². The van der Waals surface area contributed by atoms with Crippen LogP contribution in [0, 0.1) is 6.92 Å². The summed E-state index contributed by atoms with van der Waals surface area (Å²) in [6, 6.07) is 0. The Morgan fingerprint density at radius 3 is 3.00 bits per heavy atom. The van der Waals surface area contributed by atoms with Gasteiger partial charge in [-0.2, -0.15) is 0 Å². The van der Waals surface area contributed by atoms with Crippen LogP contribution in [0.5, 0.6) is 0 Å². The van der Waals surface area contributed by atoms with Crippen LogP contribution in [0.3, 0.4) is 0 Å². The standard InChI is InChI=1S/C12H18N2O2/c1-8-11(9(2)15)7-13-12(14-8)6-10-4-3-5-16-10/h7,9-10,15H,3-6H2,1-2H3. The molecule has 2 heterocycles. The third-order valence-electron chi connectivity index (χ3n) is 2.95. The molecule has 16 heavy (non-hydrogen) atoms. The van der Waals surface area contributed by atoms with Crippen molar-refractivity contribution in [2.75, 3.05) is 6.61 Å². The summed E-state index contributed by atoms with van der Waals surface area (Å²) in [7, 11) is 0. The molecule has 0 aromatic carbocycles. The molecule has 1 saturated heterocycles. The normalized spacial score (nSPS) is 22.3. The third kappa shape index (κ3) is 2.57. The van der Waals surface area contributed by atoms with Gasteiger partial charge in [0, 0.05) is 30.5 Å². The lowest BCUT2D eigenvalue weighted by molar-refractivity contribution is 0.109. The molecule has 2 atom stereocenters. The minimum atomic E-state index is -0.503. The van der Waals surface area contributed by atoms with E-state index in [1.807, 2.05) is 6.92 Å². The molecule has 0 amide bonds. The Kier molecular flexibility index (Phi) is 3.51. The van der Waals surface area contributed by atoms with Crippen molar-refractivity contribution in [3.05, 3.63) is 23.3 Å². The highest BCUT2D eigenvalue weighted by Crippen LogP contribution is 2.18. The van der Waals surface area contributed by atoms with E-state index in [4.69, 9.17) is 4.74 Å². The predicted octanol–water partition coefficient (Wildman–Crippen LogP) is 1.56. The third-order valence-corrected chi connectivity index (χ3v) is 2.95. The molecule has 88 valence electrons. The predicted molar refractivity (Wildman–Crippen MR) is 60.1 cm³/mol. The Hall–Kier alpha value is -1.00. The van der Waals surface area contributed by atoms with E-state index in [9.17, 15) is 5.11 Å². The SMILES string of the molecule is Cc1nc(CC2CCCO2)ncc1C(C)O. The summed E-state index contributed by atoms with van der Waals surface area (Å²) in [5, 5.41) is 9.47. The molecule has 2 unspecified atom stereocenters. The van der Waals surface area contributed by atoms with E-state index in [1.54, 1.807) is 13.1 Å². The summed E-state index contributed by atoms with van der Waals surface area (Å²) < 4.78 is 5.55. The van der Waals surface area contributed by atoms with Gasteiger partial charge in [0.25, 0.3) is 0 Å². The van der Waals surface area contributed by atoms with Crippen molar-refractivity contribution >= 4 is 0 Å². The van der Waals surface area contributed by atoms with Crippen LogP contribution in [-0.2, 0) is 11.2 Å². The Morgan fingerprint density at radius 2 is 2.44 bits per heavy atom. The minimum Gasteiger partial charge on any atom is -0.389 e. The van der Waals surface area contributed by atoms with Crippen molar-refractivity contribution in [1.29, 1.82) is 0 Å². The minimum absolute atomic E-state index is 0.275. The molecule has 1 aromatic heterocycles. The maximum absolute atomic E-state index is 9.47. The lowest BCUT2D eigenvalue weighted by atomic mass is 10.1. The molecule has 2 rings (SSSR count). The lowest BCUT2D eigenvalue weighted by Gasteiger charge is -2.11. The number of ether oxygens (including phenoxy) is 1. The summed E-state index contributed by atoms with van der Waals surface area (Å²) in [6.45, 7) is 4.49. The number of hydrogen-bond donors (Lipinski definition) is 1. The summed E-state index contributed by atoms with van der Waals surface area (Å²) in [5.74, 6) is 0.814. The van der Waals surface area contributed by atoms with Crippen LogP contribution < -0.4 is 0 Å². The van der Waals surface area contributed by atoms with Crippen LogP contribution in [0.2, 0.25) is 0 Å². The maximum atomic E-state index is 9.47. The van der Waals surface area contributed by atoms with E-state index in [0.29, 0.717) is 0 Å². The first kappa shape index (κ1) is 11.5. The molecule has 1 aromatic rings. The summed E-state index contributed by atoms with van der Waals surface area (Å²) in [4.78, 5) is 8.68. The highest BCUT2D eigenvalue weighted by Gasteiger charge is 2.18. The molecule has 0 saturated carbocycles. The summed E-state index contributed by atoms with van der Waals surface area (Å²) >= 11 is 0. The second kappa shape index (κ2) is 4.89. The van der Waals surface area contributed by atoms with Gasteiger partial charge in [-0.05, 0) is 26.7 Å². The van der Waals surface area contributed by atoms with Crippen molar-refractivity contribution in [1.82, 2.24) is 9.97 Å². The van der Waals surface area contributed by atoms with Crippen molar-refractivity contribution in [3.63, 3.8) is 0 Å². The molecule has 0 spiro atoms. The molecule has 1 fully saturated rings. The van der Waals surface area contributed by atoms with Crippen molar-refractivity contribution in [2.24, 2.45) is 0 Å². The molecule has 1 N–H and O–H groups in total. The van der Waals surface area contributed by atoms with E-state index in [2.05, 4.69) is 9.97 Å². The second-order valence-electron chi connectivity index (χ2n) is 4.34. The highest BCUT2D eigenvalue weighted by atomic mass is 16.5. The fraction of sp³-hybridized carbons (Fsp3) is 0.667. The van der Waals surface area contributed by atoms with E-state index in [1.165, 1.54) is 0 Å².